The average Bonchev–Trinajstić information content (AvgIpc) is 2.77. The first-order chi connectivity index (χ1) is 10.8. The Kier molecular flexibility index (Phi) is 7.15. The molecule has 0 radical (unpaired) electrons. The van der Waals surface area contributed by atoms with E-state index < -0.39 is 0 Å². The van der Waals surface area contributed by atoms with Crippen molar-refractivity contribution in [3.63, 3.8) is 0 Å². The molecular formula is C15H28N6O. The summed E-state index contributed by atoms with van der Waals surface area (Å²) >= 11 is 0. The molecule has 0 saturated heterocycles. The van der Waals surface area contributed by atoms with Gasteiger partial charge in [0.1, 0.15) is 12.2 Å². The molecule has 0 unspecified atom stereocenters. The maximum atomic E-state index is 5.96. The number of hydrogen-bond acceptors (Lipinski definition) is 4. The largest absolute Gasteiger partial charge is 0.376 e. The molecule has 0 aromatic carbocycles. The molecule has 1 saturated carbocycles. The molecule has 1 heterocycles. The van der Waals surface area contributed by atoms with Gasteiger partial charge in [0.15, 0.2) is 5.96 Å². The van der Waals surface area contributed by atoms with Gasteiger partial charge in [0, 0.05) is 20.6 Å². The van der Waals surface area contributed by atoms with Crippen molar-refractivity contribution >= 4 is 5.96 Å². The van der Waals surface area contributed by atoms with Gasteiger partial charge >= 0.3 is 0 Å². The van der Waals surface area contributed by atoms with Gasteiger partial charge in [-0.3, -0.25) is 9.67 Å². The second kappa shape index (κ2) is 9.40. The lowest BCUT2D eigenvalue weighted by atomic mass is 10.1. The summed E-state index contributed by atoms with van der Waals surface area (Å²) in [7, 11) is 3.64. The number of aliphatic imine (C=N–C) groups is 1. The zero-order chi connectivity index (χ0) is 15.6. The predicted molar refractivity (Wildman–Crippen MR) is 86.6 cm³/mol. The van der Waals surface area contributed by atoms with Crippen LogP contribution in [-0.2, 0) is 18.3 Å². The second-order valence-electron chi connectivity index (χ2n) is 5.64. The molecule has 1 aliphatic rings. The fourth-order valence-corrected chi connectivity index (χ4v) is 2.67. The molecule has 1 aromatic heterocycles. The van der Waals surface area contributed by atoms with Gasteiger partial charge in [-0.25, -0.2) is 4.98 Å². The number of guanidine groups is 1. The highest BCUT2D eigenvalue weighted by Crippen LogP contribution is 2.19. The van der Waals surface area contributed by atoms with Gasteiger partial charge < -0.3 is 15.4 Å². The maximum absolute atomic E-state index is 5.96. The van der Waals surface area contributed by atoms with Crippen LogP contribution in [0.25, 0.3) is 0 Å². The summed E-state index contributed by atoms with van der Waals surface area (Å²) in [6, 6.07) is 0. The normalized spacial score (nSPS) is 17.3. The first kappa shape index (κ1) is 16.7. The third kappa shape index (κ3) is 5.63. The van der Waals surface area contributed by atoms with Crippen LogP contribution in [-0.4, -0.2) is 47.0 Å². The minimum atomic E-state index is 0.443. The Morgan fingerprint density at radius 3 is 2.73 bits per heavy atom. The van der Waals surface area contributed by atoms with Crippen LogP contribution in [0, 0.1) is 0 Å². The van der Waals surface area contributed by atoms with Crippen molar-refractivity contribution in [3.05, 3.63) is 12.2 Å². The van der Waals surface area contributed by atoms with E-state index in [0.717, 1.165) is 24.9 Å². The molecule has 2 rings (SSSR count). The Hall–Kier alpha value is -1.63. The molecule has 22 heavy (non-hydrogen) atoms. The standard InChI is InChI=1S/C15H28N6O/c1-16-15(18-11-14-19-12-20-21(14)2)17-9-10-22-13-7-5-3-4-6-8-13/h12-13H,3-11H2,1-2H3,(H2,16,17,18). The fraction of sp³-hybridized carbons (Fsp3) is 0.800. The predicted octanol–water partition coefficient (Wildman–Crippen LogP) is 1.22. The topological polar surface area (TPSA) is 76.4 Å². The summed E-state index contributed by atoms with van der Waals surface area (Å²) in [5.41, 5.74) is 0. The van der Waals surface area contributed by atoms with Crippen molar-refractivity contribution in [2.45, 2.75) is 51.2 Å². The van der Waals surface area contributed by atoms with E-state index in [1.807, 2.05) is 7.05 Å². The summed E-state index contributed by atoms with van der Waals surface area (Å²) in [6.07, 6.45) is 9.73. The molecule has 2 N–H and O–H groups in total. The second-order valence-corrected chi connectivity index (χ2v) is 5.64. The molecule has 0 atom stereocenters. The molecule has 0 aliphatic heterocycles. The van der Waals surface area contributed by atoms with Gasteiger partial charge in [0.25, 0.3) is 0 Å². The van der Waals surface area contributed by atoms with E-state index in [4.69, 9.17) is 4.74 Å². The Morgan fingerprint density at radius 1 is 1.32 bits per heavy atom. The van der Waals surface area contributed by atoms with Crippen LogP contribution in [0.4, 0.5) is 0 Å². The molecule has 0 spiro atoms. The summed E-state index contributed by atoms with van der Waals surface area (Å²) in [5.74, 6) is 1.63. The number of aromatic nitrogens is 3. The quantitative estimate of drug-likeness (QED) is 0.358. The van der Waals surface area contributed by atoms with E-state index >= 15 is 0 Å². The fourth-order valence-electron chi connectivity index (χ4n) is 2.67. The van der Waals surface area contributed by atoms with Gasteiger partial charge in [-0.15, -0.1) is 0 Å². The lowest BCUT2D eigenvalue weighted by Crippen LogP contribution is -2.39. The van der Waals surface area contributed by atoms with Gasteiger partial charge in [-0.2, -0.15) is 5.10 Å². The molecular weight excluding hydrogens is 280 g/mol. The van der Waals surface area contributed by atoms with E-state index in [1.165, 1.54) is 38.5 Å². The summed E-state index contributed by atoms with van der Waals surface area (Å²) in [5, 5.41) is 10.5. The Labute approximate surface area is 132 Å². The van der Waals surface area contributed by atoms with Crippen LogP contribution < -0.4 is 10.6 Å². The number of aryl methyl sites for hydroxylation is 1. The third-order valence-electron chi connectivity index (χ3n) is 3.99. The van der Waals surface area contributed by atoms with Crippen molar-refractivity contribution in [3.8, 4) is 0 Å². The number of nitrogens with one attached hydrogen (secondary N) is 2. The average molecular weight is 308 g/mol. The molecule has 1 aromatic rings. The van der Waals surface area contributed by atoms with Gasteiger partial charge in [0.05, 0.1) is 19.3 Å². The molecule has 7 heteroatoms. The van der Waals surface area contributed by atoms with E-state index in [9.17, 15) is 0 Å². The van der Waals surface area contributed by atoms with E-state index in [2.05, 4.69) is 25.7 Å². The Balaban J connectivity index is 1.61. The van der Waals surface area contributed by atoms with E-state index in [0.29, 0.717) is 12.6 Å². The van der Waals surface area contributed by atoms with Crippen molar-refractivity contribution in [1.82, 2.24) is 25.4 Å². The Bertz CT molecular complexity index is 451. The van der Waals surface area contributed by atoms with Gasteiger partial charge in [-0.1, -0.05) is 25.7 Å². The maximum Gasteiger partial charge on any atom is 0.191 e. The Morgan fingerprint density at radius 2 is 2.09 bits per heavy atom. The van der Waals surface area contributed by atoms with E-state index in [-0.39, 0.29) is 0 Å². The molecule has 7 nitrogen and oxygen atoms in total. The lowest BCUT2D eigenvalue weighted by Gasteiger charge is -2.16. The number of nitrogens with zero attached hydrogens (tertiary/aromatic N) is 4. The minimum absolute atomic E-state index is 0.443. The van der Waals surface area contributed by atoms with Crippen LogP contribution in [0.1, 0.15) is 44.3 Å². The number of hydrogen-bond donors (Lipinski definition) is 2. The first-order valence-electron chi connectivity index (χ1n) is 8.18. The summed E-state index contributed by atoms with van der Waals surface area (Å²) in [6.45, 7) is 2.07. The van der Waals surface area contributed by atoms with Gasteiger partial charge in [0.2, 0.25) is 0 Å². The highest BCUT2D eigenvalue weighted by Gasteiger charge is 2.12. The van der Waals surface area contributed by atoms with Crippen LogP contribution >= 0.6 is 0 Å². The molecule has 124 valence electrons. The third-order valence-corrected chi connectivity index (χ3v) is 3.99. The monoisotopic (exact) mass is 308 g/mol. The van der Waals surface area contributed by atoms with Crippen molar-refractivity contribution in [1.29, 1.82) is 0 Å². The zero-order valence-corrected chi connectivity index (χ0v) is 13.7. The van der Waals surface area contributed by atoms with E-state index in [1.54, 1.807) is 18.1 Å². The molecule has 1 aliphatic carbocycles. The minimum Gasteiger partial charge on any atom is -0.376 e. The first-order valence-corrected chi connectivity index (χ1v) is 8.18. The van der Waals surface area contributed by atoms with Crippen LogP contribution in [0.2, 0.25) is 0 Å². The van der Waals surface area contributed by atoms with Crippen LogP contribution in [0.3, 0.4) is 0 Å². The highest BCUT2D eigenvalue weighted by atomic mass is 16.5. The smallest absolute Gasteiger partial charge is 0.191 e. The summed E-state index contributed by atoms with van der Waals surface area (Å²) < 4.78 is 7.70. The van der Waals surface area contributed by atoms with Crippen molar-refractivity contribution in [2.24, 2.45) is 12.0 Å². The number of rotatable bonds is 6. The summed E-state index contributed by atoms with van der Waals surface area (Å²) in [4.78, 5) is 8.37. The molecule has 1 fully saturated rings. The SMILES string of the molecule is CN=C(NCCOC1CCCCCC1)NCc1ncnn1C. The van der Waals surface area contributed by atoms with Crippen molar-refractivity contribution < 1.29 is 4.74 Å². The van der Waals surface area contributed by atoms with Crippen molar-refractivity contribution in [2.75, 3.05) is 20.2 Å². The van der Waals surface area contributed by atoms with Crippen LogP contribution in [0.5, 0.6) is 0 Å². The zero-order valence-electron chi connectivity index (χ0n) is 13.7. The lowest BCUT2D eigenvalue weighted by molar-refractivity contribution is 0.0468. The van der Waals surface area contributed by atoms with Gasteiger partial charge in [-0.05, 0) is 12.8 Å². The molecule has 0 bridgehead atoms. The number of ether oxygens (including phenoxy) is 1. The molecule has 0 amide bonds. The highest BCUT2D eigenvalue weighted by molar-refractivity contribution is 5.79. The van der Waals surface area contributed by atoms with Crippen LogP contribution in [0.15, 0.2) is 11.3 Å².